The zero-order valence-corrected chi connectivity index (χ0v) is 18.1. The van der Waals surface area contributed by atoms with Crippen molar-refractivity contribution in [1.29, 1.82) is 0 Å². The predicted molar refractivity (Wildman–Crippen MR) is 117 cm³/mol. The number of nitrogens with one attached hydrogen (secondary N) is 1. The minimum atomic E-state index is -0.891. The number of benzene rings is 2. The van der Waals surface area contributed by atoms with Gasteiger partial charge in [-0.2, -0.15) is 11.8 Å². The average Bonchev–Trinajstić information content (AvgIpc) is 3.46. The lowest BCUT2D eigenvalue weighted by Crippen LogP contribution is -2.66. The van der Waals surface area contributed by atoms with Gasteiger partial charge in [-0.05, 0) is 54.2 Å². The summed E-state index contributed by atoms with van der Waals surface area (Å²) in [7, 11) is 0. The van der Waals surface area contributed by atoms with Crippen LogP contribution in [0.15, 0.2) is 36.4 Å². The second-order valence-electron chi connectivity index (χ2n) is 8.26. The molecule has 4 heterocycles. The minimum Gasteiger partial charge on any atom is -0.454 e. The van der Waals surface area contributed by atoms with Gasteiger partial charge in [0.15, 0.2) is 23.0 Å². The van der Waals surface area contributed by atoms with Gasteiger partial charge in [0.25, 0.3) is 0 Å². The third kappa shape index (κ3) is 3.06. The van der Waals surface area contributed by atoms with Gasteiger partial charge in [-0.3, -0.25) is 9.59 Å². The largest absolute Gasteiger partial charge is 0.454 e. The molecule has 4 aliphatic rings. The molecule has 4 aliphatic heterocycles. The highest BCUT2D eigenvalue weighted by atomic mass is 32.2. The van der Waals surface area contributed by atoms with Crippen LogP contribution in [0.1, 0.15) is 30.9 Å². The van der Waals surface area contributed by atoms with Gasteiger partial charge in [-0.25, -0.2) is 0 Å². The normalized spacial score (nSPS) is 22.4. The van der Waals surface area contributed by atoms with E-state index < -0.39 is 5.54 Å². The fourth-order valence-corrected chi connectivity index (χ4v) is 6.02. The molecule has 1 unspecified atom stereocenters. The van der Waals surface area contributed by atoms with Gasteiger partial charge >= 0.3 is 0 Å². The molecule has 8 nitrogen and oxygen atoms in total. The van der Waals surface area contributed by atoms with Crippen LogP contribution in [0.4, 0.5) is 5.69 Å². The summed E-state index contributed by atoms with van der Waals surface area (Å²) in [6, 6.07) is 10.9. The number of thioether (sulfide) groups is 1. The maximum absolute atomic E-state index is 13.7. The molecule has 2 aromatic rings. The fraction of sp³-hybridized carbons (Fsp3) is 0.391. The summed E-state index contributed by atoms with van der Waals surface area (Å²) in [6.07, 6.45) is 1.60. The van der Waals surface area contributed by atoms with Crippen LogP contribution in [0.5, 0.6) is 23.0 Å². The van der Waals surface area contributed by atoms with E-state index >= 15 is 0 Å². The summed E-state index contributed by atoms with van der Waals surface area (Å²) in [6.45, 7) is 0.374. The molecule has 0 saturated carbocycles. The van der Waals surface area contributed by atoms with Crippen LogP contribution in [0.3, 0.4) is 0 Å². The Kier molecular flexibility index (Phi) is 4.60. The number of β-lactam (4-membered cyclic amide) rings is 1. The Morgan fingerprint density at radius 1 is 0.938 bits per heavy atom. The summed E-state index contributed by atoms with van der Waals surface area (Å²) >= 11 is 1.81. The molecule has 0 spiro atoms. The van der Waals surface area contributed by atoms with E-state index in [2.05, 4.69) is 5.32 Å². The zero-order valence-electron chi connectivity index (χ0n) is 17.3. The summed E-state index contributed by atoms with van der Waals surface area (Å²) in [5, 5.41) is 3.04. The van der Waals surface area contributed by atoms with E-state index in [-0.39, 0.29) is 31.4 Å². The van der Waals surface area contributed by atoms with Crippen molar-refractivity contribution in [2.75, 3.05) is 30.4 Å². The molecule has 32 heavy (non-hydrogen) atoms. The van der Waals surface area contributed by atoms with Crippen LogP contribution >= 0.6 is 11.8 Å². The van der Waals surface area contributed by atoms with Crippen LogP contribution in [-0.2, 0) is 9.59 Å². The number of carbonyl (C=O) groups excluding carboxylic acids is 2. The van der Waals surface area contributed by atoms with Gasteiger partial charge in [0.2, 0.25) is 25.4 Å². The number of rotatable bonds is 4. The topological polar surface area (TPSA) is 86.3 Å². The van der Waals surface area contributed by atoms with Crippen molar-refractivity contribution < 1.29 is 28.5 Å². The van der Waals surface area contributed by atoms with E-state index in [4.69, 9.17) is 18.9 Å². The molecule has 1 N–H and O–H groups in total. The van der Waals surface area contributed by atoms with Crippen LogP contribution in [0.25, 0.3) is 0 Å². The van der Waals surface area contributed by atoms with E-state index in [0.717, 1.165) is 17.1 Å². The molecule has 0 aromatic heterocycles. The molecule has 6 rings (SSSR count). The van der Waals surface area contributed by atoms with Crippen molar-refractivity contribution in [3.63, 3.8) is 0 Å². The number of anilines is 1. The van der Waals surface area contributed by atoms with Crippen molar-refractivity contribution in [3.8, 4) is 23.0 Å². The number of fused-ring (bicyclic) bond motifs is 2. The van der Waals surface area contributed by atoms with Crippen LogP contribution in [0, 0.1) is 0 Å². The molecule has 0 bridgehead atoms. The van der Waals surface area contributed by atoms with E-state index in [1.54, 1.807) is 23.1 Å². The Labute approximate surface area is 189 Å². The lowest BCUT2D eigenvalue weighted by molar-refractivity contribution is -0.164. The first-order valence-electron chi connectivity index (χ1n) is 10.6. The first-order valence-corrected chi connectivity index (χ1v) is 11.8. The summed E-state index contributed by atoms with van der Waals surface area (Å²) in [5.74, 6) is 4.14. The van der Waals surface area contributed by atoms with Gasteiger partial charge < -0.3 is 29.2 Å². The number of nitrogens with zero attached hydrogens (tertiary/aromatic N) is 1. The standard InChI is InChI=1S/C23H22N2O6S/c26-21-11-16(14-1-3-17-19(9-14)30-12-28-17)25(21)23(5-7-32-8-6-23)22(27)24-15-2-4-18-20(10-15)31-13-29-18/h1-4,9-10,16H,5-8,11-13H2,(H,24,27). The molecule has 0 radical (unpaired) electrons. The summed E-state index contributed by atoms with van der Waals surface area (Å²) in [4.78, 5) is 28.4. The first-order chi connectivity index (χ1) is 15.6. The smallest absolute Gasteiger partial charge is 0.250 e. The third-order valence-electron chi connectivity index (χ3n) is 6.56. The molecule has 9 heteroatoms. The van der Waals surface area contributed by atoms with Crippen LogP contribution in [-0.4, -0.2) is 47.3 Å². The highest BCUT2D eigenvalue weighted by Gasteiger charge is 2.55. The van der Waals surface area contributed by atoms with E-state index in [1.807, 2.05) is 30.0 Å². The molecule has 1 atom stereocenters. The maximum Gasteiger partial charge on any atom is 0.250 e. The maximum atomic E-state index is 13.7. The lowest BCUT2D eigenvalue weighted by atomic mass is 9.80. The molecular formula is C23H22N2O6S. The first kappa shape index (κ1) is 19.6. The fourth-order valence-electron chi connectivity index (χ4n) is 4.85. The number of amides is 2. The quantitative estimate of drug-likeness (QED) is 0.710. The van der Waals surface area contributed by atoms with Gasteiger partial charge in [0, 0.05) is 11.8 Å². The van der Waals surface area contributed by atoms with Crippen molar-refractivity contribution >= 4 is 29.3 Å². The number of hydrogen-bond donors (Lipinski definition) is 1. The Bertz CT molecular complexity index is 1100. The number of ether oxygens (including phenoxy) is 4. The predicted octanol–water partition coefficient (Wildman–Crippen LogP) is 3.32. The highest BCUT2D eigenvalue weighted by molar-refractivity contribution is 7.99. The molecule has 0 aliphatic carbocycles. The van der Waals surface area contributed by atoms with Crippen molar-refractivity contribution in [2.45, 2.75) is 30.8 Å². The monoisotopic (exact) mass is 454 g/mol. The van der Waals surface area contributed by atoms with Crippen molar-refractivity contribution in [2.24, 2.45) is 0 Å². The van der Waals surface area contributed by atoms with Gasteiger partial charge in [-0.15, -0.1) is 0 Å². The van der Waals surface area contributed by atoms with E-state index in [1.165, 1.54) is 0 Å². The Hall–Kier alpha value is -3.07. The SMILES string of the molecule is O=C1CC(c2ccc3c(c2)OCO3)N1C1(C(=O)Nc2ccc3c(c2)OCO3)CCSCC1. The second-order valence-corrected chi connectivity index (χ2v) is 9.49. The van der Waals surface area contributed by atoms with Crippen LogP contribution in [0.2, 0.25) is 0 Å². The van der Waals surface area contributed by atoms with Crippen LogP contribution < -0.4 is 24.3 Å². The number of likely N-dealkylation sites (tertiary alicyclic amines) is 1. The van der Waals surface area contributed by atoms with E-state index in [9.17, 15) is 9.59 Å². The molecule has 2 amide bonds. The average molecular weight is 455 g/mol. The van der Waals surface area contributed by atoms with Crippen molar-refractivity contribution in [1.82, 2.24) is 4.90 Å². The highest BCUT2D eigenvalue weighted by Crippen LogP contribution is 2.48. The Morgan fingerprint density at radius 2 is 1.59 bits per heavy atom. The Balaban J connectivity index is 1.30. The molecule has 2 fully saturated rings. The van der Waals surface area contributed by atoms with Gasteiger partial charge in [0.05, 0.1) is 12.5 Å². The zero-order chi connectivity index (χ0) is 21.7. The molecular weight excluding hydrogens is 432 g/mol. The molecule has 2 aromatic carbocycles. The van der Waals surface area contributed by atoms with Gasteiger partial charge in [0.1, 0.15) is 5.54 Å². The van der Waals surface area contributed by atoms with Gasteiger partial charge in [-0.1, -0.05) is 6.07 Å². The summed E-state index contributed by atoms with van der Waals surface area (Å²) in [5.41, 5.74) is 0.699. The molecule has 2 saturated heterocycles. The second kappa shape index (κ2) is 7.51. The third-order valence-corrected chi connectivity index (χ3v) is 7.55. The Morgan fingerprint density at radius 3 is 2.31 bits per heavy atom. The summed E-state index contributed by atoms with van der Waals surface area (Å²) < 4.78 is 21.7. The minimum absolute atomic E-state index is 0.000374. The molecule has 166 valence electrons. The number of carbonyl (C=O) groups is 2. The van der Waals surface area contributed by atoms with E-state index in [0.29, 0.717) is 47.9 Å². The number of hydrogen-bond acceptors (Lipinski definition) is 7. The van der Waals surface area contributed by atoms with Crippen molar-refractivity contribution in [3.05, 3.63) is 42.0 Å². The lowest BCUT2D eigenvalue weighted by Gasteiger charge is -2.53.